The van der Waals surface area contributed by atoms with E-state index in [1.54, 1.807) is 0 Å². The van der Waals surface area contributed by atoms with Crippen molar-refractivity contribution in [1.29, 1.82) is 0 Å². The Bertz CT molecular complexity index is 446. The van der Waals surface area contributed by atoms with Crippen LogP contribution < -0.4 is 4.74 Å². The average molecular weight is 272 g/mol. The number of rotatable bonds is 7. The molecule has 0 saturated carbocycles. The zero-order valence-corrected chi connectivity index (χ0v) is 11.4. The Morgan fingerprint density at radius 2 is 2.17 bits per heavy atom. The van der Waals surface area contributed by atoms with Gasteiger partial charge in [0, 0.05) is 22.1 Å². The second-order valence-corrected chi connectivity index (χ2v) is 5.49. The molecule has 0 heterocycles. The van der Waals surface area contributed by atoms with Crippen LogP contribution in [0.25, 0.3) is 0 Å². The number of carbonyl (C=O) groups is 1. The van der Waals surface area contributed by atoms with E-state index in [-0.39, 0.29) is 22.8 Å². The third-order valence-corrected chi connectivity index (χ3v) is 3.82. The second-order valence-electron chi connectivity index (χ2n) is 3.91. The molecule has 1 aromatic carbocycles. The first-order valence-electron chi connectivity index (χ1n) is 5.80. The Morgan fingerprint density at radius 1 is 1.44 bits per heavy atom. The van der Waals surface area contributed by atoms with Crippen molar-refractivity contribution < 1.29 is 18.1 Å². The highest BCUT2D eigenvalue weighted by atomic mass is 32.2. The first-order chi connectivity index (χ1) is 8.58. The number of hydrogen-bond donors (Lipinski definition) is 0. The van der Waals surface area contributed by atoms with Crippen LogP contribution in [0.5, 0.6) is 5.75 Å². The molecule has 0 aliphatic carbocycles. The fourth-order valence-electron chi connectivity index (χ4n) is 1.45. The standard InChI is InChI=1S/C13H17FO3S/c1-3-4-7-18(16)9-12(15)10-5-6-13(17-2)11(14)8-10/h5-6,8H,3-4,7,9H2,1-2H3. The predicted molar refractivity (Wildman–Crippen MR) is 70.1 cm³/mol. The third-order valence-electron chi connectivity index (χ3n) is 2.49. The van der Waals surface area contributed by atoms with Gasteiger partial charge in [-0.25, -0.2) is 4.39 Å². The van der Waals surface area contributed by atoms with E-state index in [1.807, 2.05) is 6.92 Å². The van der Waals surface area contributed by atoms with Gasteiger partial charge in [-0.1, -0.05) is 13.3 Å². The fourth-order valence-corrected chi connectivity index (χ4v) is 2.66. The van der Waals surface area contributed by atoms with Crippen molar-refractivity contribution in [3.05, 3.63) is 29.6 Å². The number of benzene rings is 1. The highest BCUT2D eigenvalue weighted by molar-refractivity contribution is 7.85. The SMILES string of the molecule is CCCCS(=O)CC(=O)c1ccc(OC)c(F)c1. The normalized spacial score (nSPS) is 12.2. The van der Waals surface area contributed by atoms with Gasteiger partial charge in [-0.2, -0.15) is 0 Å². The van der Waals surface area contributed by atoms with E-state index in [2.05, 4.69) is 0 Å². The van der Waals surface area contributed by atoms with Crippen LogP contribution in [-0.2, 0) is 10.8 Å². The van der Waals surface area contributed by atoms with Gasteiger partial charge in [0.2, 0.25) is 0 Å². The lowest BCUT2D eigenvalue weighted by Crippen LogP contribution is -2.13. The van der Waals surface area contributed by atoms with Crippen LogP contribution in [0.3, 0.4) is 0 Å². The Balaban J connectivity index is 2.67. The minimum absolute atomic E-state index is 0.0498. The van der Waals surface area contributed by atoms with Crippen LogP contribution in [-0.4, -0.2) is 28.6 Å². The second kappa shape index (κ2) is 7.26. The highest BCUT2D eigenvalue weighted by Crippen LogP contribution is 2.18. The Labute approximate surface area is 109 Å². The van der Waals surface area contributed by atoms with Gasteiger partial charge in [-0.05, 0) is 24.6 Å². The molecule has 0 fully saturated rings. The summed E-state index contributed by atoms with van der Waals surface area (Å²) in [4.78, 5) is 11.8. The monoisotopic (exact) mass is 272 g/mol. The highest BCUT2D eigenvalue weighted by Gasteiger charge is 2.13. The van der Waals surface area contributed by atoms with Crippen molar-refractivity contribution >= 4 is 16.6 Å². The zero-order chi connectivity index (χ0) is 13.5. The molecule has 0 spiro atoms. The molecule has 3 nitrogen and oxygen atoms in total. The van der Waals surface area contributed by atoms with Crippen LogP contribution in [0.2, 0.25) is 0 Å². The molecule has 0 aromatic heterocycles. The Hall–Kier alpha value is -1.23. The number of unbranched alkanes of at least 4 members (excludes halogenated alkanes) is 1. The molecule has 1 atom stereocenters. The van der Waals surface area contributed by atoms with Crippen LogP contribution in [0.1, 0.15) is 30.1 Å². The van der Waals surface area contributed by atoms with Gasteiger partial charge < -0.3 is 4.74 Å². The van der Waals surface area contributed by atoms with Crippen LogP contribution in [0, 0.1) is 5.82 Å². The summed E-state index contributed by atoms with van der Waals surface area (Å²) in [6, 6.07) is 4.01. The first-order valence-corrected chi connectivity index (χ1v) is 7.29. The van der Waals surface area contributed by atoms with E-state index < -0.39 is 16.6 Å². The minimum atomic E-state index is -1.17. The molecular weight excluding hydrogens is 255 g/mol. The molecule has 18 heavy (non-hydrogen) atoms. The maximum absolute atomic E-state index is 13.4. The Morgan fingerprint density at radius 3 is 2.72 bits per heavy atom. The molecule has 0 aliphatic rings. The molecule has 0 aliphatic heterocycles. The van der Waals surface area contributed by atoms with E-state index in [4.69, 9.17) is 4.74 Å². The lowest BCUT2D eigenvalue weighted by atomic mass is 10.1. The number of ether oxygens (including phenoxy) is 1. The van der Waals surface area contributed by atoms with Crippen molar-refractivity contribution in [3.63, 3.8) is 0 Å². The molecule has 0 radical (unpaired) electrons. The molecule has 0 bridgehead atoms. The number of halogens is 1. The van der Waals surface area contributed by atoms with Crippen molar-refractivity contribution in [2.24, 2.45) is 0 Å². The molecule has 0 saturated heterocycles. The third kappa shape index (κ3) is 4.22. The van der Waals surface area contributed by atoms with Crippen LogP contribution in [0.15, 0.2) is 18.2 Å². The number of carbonyl (C=O) groups excluding carboxylic acids is 1. The summed E-state index contributed by atoms with van der Waals surface area (Å²) >= 11 is 0. The quantitative estimate of drug-likeness (QED) is 0.716. The zero-order valence-electron chi connectivity index (χ0n) is 10.6. The van der Waals surface area contributed by atoms with Crippen molar-refractivity contribution in [3.8, 4) is 5.75 Å². The fraction of sp³-hybridized carbons (Fsp3) is 0.462. The van der Waals surface area contributed by atoms with Gasteiger partial charge >= 0.3 is 0 Å². The molecule has 1 rings (SSSR count). The molecule has 100 valence electrons. The Kier molecular flexibility index (Phi) is 5.98. The largest absolute Gasteiger partial charge is 0.494 e. The minimum Gasteiger partial charge on any atom is -0.494 e. The van der Waals surface area contributed by atoms with E-state index in [9.17, 15) is 13.4 Å². The lowest BCUT2D eigenvalue weighted by molar-refractivity contribution is 0.102. The van der Waals surface area contributed by atoms with Gasteiger partial charge in [0.25, 0.3) is 0 Å². The van der Waals surface area contributed by atoms with Gasteiger partial charge in [-0.3, -0.25) is 9.00 Å². The summed E-state index contributed by atoms with van der Waals surface area (Å²) in [6.07, 6.45) is 1.77. The van der Waals surface area contributed by atoms with Gasteiger partial charge in [-0.15, -0.1) is 0 Å². The molecule has 5 heteroatoms. The maximum Gasteiger partial charge on any atom is 0.175 e. The van der Waals surface area contributed by atoms with Gasteiger partial charge in [0.1, 0.15) is 0 Å². The number of hydrogen-bond acceptors (Lipinski definition) is 3. The van der Waals surface area contributed by atoms with Crippen molar-refractivity contribution in [2.45, 2.75) is 19.8 Å². The lowest BCUT2D eigenvalue weighted by Gasteiger charge is -2.04. The number of Topliss-reactive ketones (excluding diaryl/α,β-unsaturated/α-hetero) is 1. The smallest absolute Gasteiger partial charge is 0.175 e. The van der Waals surface area contributed by atoms with E-state index in [0.29, 0.717) is 5.75 Å². The van der Waals surface area contributed by atoms with Crippen molar-refractivity contribution in [1.82, 2.24) is 0 Å². The van der Waals surface area contributed by atoms with Crippen LogP contribution >= 0.6 is 0 Å². The molecule has 0 amide bonds. The summed E-state index contributed by atoms with van der Waals surface area (Å²) < 4.78 is 29.7. The summed E-state index contributed by atoms with van der Waals surface area (Å²) in [5.74, 6) is -0.320. The number of methoxy groups -OCH3 is 1. The van der Waals surface area contributed by atoms with Crippen LogP contribution in [0.4, 0.5) is 4.39 Å². The molecular formula is C13H17FO3S. The molecule has 1 unspecified atom stereocenters. The van der Waals surface area contributed by atoms with Crippen molar-refractivity contribution in [2.75, 3.05) is 18.6 Å². The summed E-state index contributed by atoms with van der Waals surface area (Å²) in [5, 5.41) is 0. The van der Waals surface area contributed by atoms with E-state index in [0.717, 1.165) is 18.9 Å². The summed E-state index contributed by atoms with van der Waals surface area (Å²) in [5.41, 5.74) is 0.234. The summed E-state index contributed by atoms with van der Waals surface area (Å²) in [7, 11) is 0.193. The first kappa shape index (κ1) is 14.8. The van der Waals surface area contributed by atoms with Gasteiger partial charge in [0.05, 0.1) is 12.9 Å². The molecule has 1 aromatic rings. The predicted octanol–water partition coefficient (Wildman–Crippen LogP) is 2.57. The maximum atomic E-state index is 13.4. The van der Waals surface area contributed by atoms with E-state index >= 15 is 0 Å². The van der Waals surface area contributed by atoms with Gasteiger partial charge in [0.15, 0.2) is 17.3 Å². The molecule has 0 N–H and O–H groups in total. The summed E-state index contributed by atoms with van der Waals surface area (Å²) in [6.45, 7) is 2.00. The number of ketones is 1. The topological polar surface area (TPSA) is 43.4 Å². The average Bonchev–Trinajstić information content (AvgIpc) is 2.36. The van der Waals surface area contributed by atoms with E-state index in [1.165, 1.54) is 19.2 Å².